The Morgan fingerprint density at radius 3 is 2.21 bits per heavy atom. The van der Waals surface area contributed by atoms with Crippen molar-refractivity contribution in [2.75, 3.05) is 0 Å². The third-order valence-electron chi connectivity index (χ3n) is 1.90. The van der Waals surface area contributed by atoms with Crippen molar-refractivity contribution in [3.8, 4) is 0 Å². The molecule has 0 aliphatic heterocycles. The Morgan fingerprint density at radius 2 is 1.71 bits per heavy atom. The van der Waals surface area contributed by atoms with Crippen LogP contribution in [-0.2, 0) is 17.1 Å². The molecule has 0 saturated carbocycles. The van der Waals surface area contributed by atoms with Gasteiger partial charge in [0.1, 0.15) is 0 Å². The van der Waals surface area contributed by atoms with E-state index >= 15 is 0 Å². The van der Waals surface area contributed by atoms with Crippen LogP contribution in [0, 0.1) is 0 Å². The standard InChI is InChI=1S/C7H11.C6H7.Ru/c1-6(2)5-7(3)4;1-6-4-2-3-5-6;/h1,5H,2-4H3;2-5H,1H3;. The van der Waals surface area contributed by atoms with Gasteiger partial charge in [-0.1, -0.05) is 0 Å². The number of allylic oxidation sites excluding steroid dienone is 7. The first-order valence-corrected chi connectivity index (χ1v) is 6.70. The summed E-state index contributed by atoms with van der Waals surface area (Å²) < 4.78 is 2.74. The fourth-order valence-corrected chi connectivity index (χ4v) is 3.03. The van der Waals surface area contributed by atoms with E-state index in [0.29, 0.717) is 4.01 Å². The average Bonchev–Trinajstić information content (AvgIpc) is 2.49. The Balaban J connectivity index is 2.59. The average molecular weight is 275 g/mol. The summed E-state index contributed by atoms with van der Waals surface area (Å²) in [7, 11) is 0. The van der Waals surface area contributed by atoms with Crippen molar-refractivity contribution in [1.29, 1.82) is 0 Å². The molecular weight excluding hydrogens is 257 g/mol. The summed E-state index contributed by atoms with van der Waals surface area (Å²) >= 11 is 0.268. The van der Waals surface area contributed by atoms with E-state index in [1.807, 2.05) is 0 Å². The predicted octanol–water partition coefficient (Wildman–Crippen LogP) is 4.24. The van der Waals surface area contributed by atoms with E-state index in [1.54, 1.807) is 0 Å². The quantitative estimate of drug-likeness (QED) is 0.534. The van der Waals surface area contributed by atoms with Gasteiger partial charge in [-0.05, 0) is 0 Å². The molecular formula is C13H18Ru. The molecule has 1 aliphatic rings. The van der Waals surface area contributed by atoms with E-state index in [2.05, 4.69) is 62.7 Å². The third-order valence-corrected chi connectivity index (χ3v) is 4.60. The van der Waals surface area contributed by atoms with Crippen molar-refractivity contribution in [2.45, 2.75) is 31.7 Å². The summed E-state index contributed by atoms with van der Waals surface area (Å²) in [4.78, 5) is 0. The molecule has 0 atom stereocenters. The van der Waals surface area contributed by atoms with E-state index in [9.17, 15) is 0 Å². The second-order valence-corrected chi connectivity index (χ2v) is 6.89. The van der Waals surface area contributed by atoms with Gasteiger partial charge in [-0.25, -0.2) is 0 Å². The van der Waals surface area contributed by atoms with Crippen LogP contribution in [-0.4, -0.2) is 0 Å². The monoisotopic (exact) mass is 276 g/mol. The van der Waals surface area contributed by atoms with Crippen LogP contribution in [0.2, 0.25) is 4.01 Å². The first-order chi connectivity index (χ1) is 6.52. The molecule has 0 spiro atoms. The Labute approximate surface area is 95.1 Å². The van der Waals surface area contributed by atoms with Crippen molar-refractivity contribution < 1.29 is 17.1 Å². The zero-order chi connectivity index (χ0) is 10.6. The molecule has 0 aromatic rings. The van der Waals surface area contributed by atoms with Crippen LogP contribution in [0.4, 0.5) is 0 Å². The van der Waals surface area contributed by atoms with E-state index in [0.717, 1.165) is 0 Å². The molecule has 1 rings (SSSR count). The maximum atomic E-state index is 2.40. The van der Waals surface area contributed by atoms with Gasteiger partial charge in [0.25, 0.3) is 0 Å². The van der Waals surface area contributed by atoms with E-state index in [4.69, 9.17) is 0 Å². The van der Waals surface area contributed by atoms with Gasteiger partial charge in [0.15, 0.2) is 0 Å². The maximum absolute atomic E-state index is 2.40. The molecule has 0 aromatic heterocycles. The molecule has 0 bridgehead atoms. The molecule has 1 aliphatic carbocycles. The Morgan fingerprint density at radius 1 is 1.14 bits per heavy atom. The molecule has 0 heterocycles. The van der Waals surface area contributed by atoms with Crippen molar-refractivity contribution in [1.82, 2.24) is 0 Å². The fraction of sp³-hybridized carbons (Fsp3) is 0.385. The van der Waals surface area contributed by atoms with Crippen molar-refractivity contribution in [3.05, 3.63) is 46.2 Å². The summed E-state index contributed by atoms with van der Waals surface area (Å²) in [5.41, 5.74) is 2.78. The second-order valence-electron chi connectivity index (χ2n) is 4.01. The molecule has 0 radical (unpaired) electrons. The fourth-order valence-electron chi connectivity index (χ4n) is 1.28. The molecule has 14 heavy (non-hydrogen) atoms. The Bertz CT molecular complexity index is 300. The van der Waals surface area contributed by atoms with Crippen molar-refractivity contribution in [2.24, 2.45) is 0 Å². The van der Waals surface area contributed by atoms with Gasteiger partial charge < -0.3 is 0 Å². The molecule has 0 N–H and O–H groups in total. The molecule has 78 valence electrons. The summed E-state index contributed by atoms with van der Waals surface area (Å²) in [6.45, 7) is 8.78. The molecule has 0 fully saturated rings. The normalized spacial score (nSPS) is 19.0. The SMILES string of the molecule is CC(C)=CC(C)=[CH][Ru][C]1(C)C=CC=C1. The zero-order valence-corrected chi connectivity index (χ0v) is 11.1. The van der Waals surface area contributed by atoms with E-state index in [1.165, 1.54) is 11.1 Å². The number of hydrogen-bond acceptors (Lipinski definition) is 0. The summed E-state index contributed by atoms with van der Waals surface area (Å²) in [6, 6.07) is 0. The van der Waals surface area contributed by atoms with Gasteiger partial charge in [0.2, 0.25) is 0 Å². The molecule has 0 saturated heterocycles. The molecule has 0 nitrogen and oxygen atoms in total. The molecule has 0 amide bonds. The van der Waals surface area contributed by atoms with Gasteiger partial charge in [-0.2, -0.15) is 0 Å². The van der Waals surface area contributed by atoms with Crippen LogP contribution < -0.4 is 0 Å². The third kappa shape index (κ3) is 3.76. The van der Waals surface area contributed by atoms with Gasteiger partial charge in [-0.3, -0.25) is 0 Å². The zero-order valence-electron chi connectivity index (χ0n) is 9.32. The van der Waals surface area contributed by atoms with Crippen molar-refractivity contribution >= 4 is 0 Å². The van der Waals surface area contributed by atoms with Crippen LogP contribution >= 0.6 is 0 Å². The predicted molar refractivity (Wildman–Crippen MR) is 59.8 cm³/mol. The van der Waals surface area contributed by atoms with Crippen LogP contribution in [0.25, 0.3) is 0 Å². The number of hydrogen-bond donors (Lipinski definition) is 0. The van der Waals surface area contributed by atoms with Gasteiger partial charge in [-0.15, -0.1) is 0 Å². The van der Waals surface area contributed by atoms with Crippen LogP contribution in [0.5, 0.6) is 0 Å². The topological polar surface area (TPSA) is 0 Å². The van der Waals surface area contributed by atoms with E-state index < -0.39 is 0 Å². The van der Waals surface area contributed by atoms with E-state index in [-0.39, 0.29) is 17.1 Å². The van der Waals surface area contributed by atoms with Crippen LogP contribution in [0.15, 0.2) is 46.2 Å². The minimum atomic E-state index is 0.268. The van der Waals surface area contributed by atoms with Crippen LogP contribution in [0.1, 0.15) is 27.7 Å². The molecule has 1 heteroatoms. The first-order valence-electron chi connectivity index (χ1n) is 4.82. The molecule has 0 unspecified atom stereocenters. The van der Waals surface area contributed by atoms with Crippen LogP contribution in [0.3, 0.4) is 0 Å². The van der Waals surface area contributed by atoms with Gasteiger partial charge >= 0.3 is 95.0 Å². The van der Waals surface area contributed by atoms with Crippen molar-refractivity contribution in [3.63, 3.8) is 0 Å². The summed E-state index contributed by atoms with van der Waals surface area (Å²) in [5, 5.41) is 0. The van der Waals surface area contributed by atoms with Gasteiger partial charge in [0.05, 0.1) is 0 Å². The van der Waals surface area contributed by atoms with Gasteiger partial charge in [0, 0.05) is 0 Å². The Kier molecular flexibility index (Phi) is 4.07. The summed E-state index contributed by atoms with van der Waals surface area (Å²) in [6.07, 6.45) is 11.2. The Hall–Kier alpha value is -0.417. The first kappa shape index (κ1) is 11.7. The minimum absolute atomic E-state index is 0.268. The second kappa shape index (κ2) is 4.89. The molecule has 0 aromatic carbocycles. The number of rotatable bonds is 3. The summed E-state index contributed by atoms with van der Waals surface area (Å²) in [5.74, 6) is 0.